The quantitative estimate of drug-likeness (QED) is 0.660. The maximum Gasteiger partial charge on any atom is 0.307 e. The minimum Gasteiger partial charge on any atom is -0.481 e. The van der Waals surface area contributed by atoms with Crippen LogP contribution in [0, 0.1) is 10.1 Å². The van der Waals surface area contributed by atoms with E-state index >= 15 is 0 Å². The molecular formula is C8H5Cl2NO4. The number of nitro groups is 1. The number of nitro benzene ring substituents is 1. The summed E-state index contributed by atoms with van der Waals surface area (Å²) in [4.78, 5) is 20.3. The van der Waals surface area contributed by atoms with E-state index in [-0.39, 0.29) is 22.0 Å². The third-order valence-corrected chi connectivity index (χ3v) is 2.40. The third kappa shape index (κ3) is 2.57. The molecule has 80 valence electrons. The molecule has 0 saturated carbocycles. The van der Waals surface area contributed by atoms with E-state index in [9.17, 15) is 14.9 Å². The van der Waals surface area contributed by atoms with Crippen LogP contribution >= 0.6 is 23.2 Å². The van der Waals surface area contributed by atoms with E-state index in [0.29, 0.717) is 0 Å². The number of halogens is 2. The molecule has 0 aliphatic carbocycles. The maximum absolute atomic E-state index is 10.6. The summed E-state index contributed by atoms with van der Waals surface area (Å²) in [7, 11) is 0. The van der Waals surface area contributed by atoms with Crippen LogP contribution < -0.4 is 0 Å². The van der Waals surface area contributed by atoms with Crippen LogP contribution in [0.4, 0.5) is 5.69 Å². The molecule has 0 aliphatic rings. The molecule has 0 radical (unpaired) electrons. The minimum atomic E-state index is -1.12. The van der Waals surface area contributed by atoms with Gasteiger partial charge < -0.3 is 5.11 Å². The fourth-order valence-electron chi connectivity index (χ4n) is 1.05. The van der Waals surface area contributed by atoms with Crippen molar-refractivity contribution >= 4 is 34.9 Å². The van der Waals surface area contributed by atoms with Crippen LogP contribution in [-0.2, 0) is 11.2 Å². The number of carboxylic acid groups (broad SMARTS) is 1. The Labute approximate surface area is 94.4 Å². The van der Waals surface area contributed by atoms with E-state index in [1.165, 1.54) is 12.1 Å². The molecule has 1 aromatic rings. The van der Waals surface area contributed by atoms with Crippen molar-refractivity contribution in [2.45, 2.75) is 6.42 Å². The molecule has 0 saturated heterocycles. The number of carboxylic acids is 1. The molecule has 5 nitrogen and oxygen atoms in total. The van der Waals surface area contributed by atoms with E-state index in [4.69, 9.17) is 28.3 Å². The third-order valence-electron chi connectivity index (χ3n) is 1.67. The second-order valence-corrected chi connectivity index (χ2v) is 3.48. The average molecular weight is 250 g/mol. The lowest BCUT2D eigenvalue weighted by atomic mass is 10.1. The molecule has 1 aromatic carbocycles. The van der Waals surface area contributed by atoms with Crippen molar-refractivity contribution in [3.05, 3.63) is 37.9 Å². The Morgan fingerprint density at radius 2 is 2.07 bits per heavy atom. The second kappa shape index (κ2) is 4.46. The Kier molecular flexibility index (Phi) is 3.49. The topological polar surface area (TPSA) is 80.4 Å². The molecule has 7 heteroatoms. The number of hydrogen-bond acceptors (Lipinski definition) is 3. The molecule has 0 bridgehead atoms. The zero-order valence-corrected chi connectivity index (χ0v) is 8.75. The lowest BCUT2D eigenvalue weighted by Gasteiger charge is -2.03. The molecule has 0 amide bonds. The highest BCUT2D eigenvalue weighted by atomic mass is 35.5. The Morgan fingerprint density at radius 1 is 1.47 bits per heavy atom. The normalized spacial score (nSPS) is 10.0. The number of benzene rings is 1. The van der Waals surface area contributed by atoms with Crippen molar-refractivity contribution in [2.75, 3.05) is 0 Å². The number of nitrogens with zero attached hydrogens (tertiary/aromatic N) is 1. The van der Waals surface area contributed by atoms with E-state index in [1.807, 2.05) is 0 Å². The number of aliphatic carboxylic acids is 1. The predicted molar refractivity (Wildman–Crippen MR) is 54.5 cm³/mol. The Morgan fingerprint density at radius 3 is 2.53 bits per heavy atom. The second-order valence-electron chi connectivity index (χ2n) is 2.70. The number of rotatable bonds is 3. The zero-order chi connectivity index (χ0) is 11.6. The Bertz CT molecular complexity index is 433. The minimum absolute atomic E-state index is 0.112. The van der Waals surface area contributed by atoms with Gasteiger partial charge in [0.1, 0.15) is 10.0 Å². The van der Waals surface area contributed by atoms with Crippen LogP contribution in [0.5, 0.6) is 0 Å². The summed E-state index contributed by atoms with van der Waals surface area (Å²) >= 11 is 11.2. The van der Waals surface area contributed by atoms with Crippen molar-refractivity contribution in [3.8, 4) is 0 Å². The van der Waals surface area contributed by atoms with Gasteiger partial charge in [0.05, 0.1) is 11.3 Å². The van der Waals surface area contributed by atoms with Gasteiger partial charge in [-0.2, -0.15) is 0 Å². The van der Waals surface area contributed by atoms with Crippen molar-refractivity contribution < 1.29 is 14.8 Å². The van der Waals surface area contributed by atoms with Gasteiger partial charge in [0, 0.05) is 0 Å². The van der Waals surface area contributed by atoms with E-state index in [2.05, 4.69) is 0 Å². The van der Waals surface area contributed by atoms with Crippen molar-refractivity contribution in [1.82, 2.24) is 0 Å². The predicted octanol–water partition coefficient (Wildman–Crippen LogP) is 2.53. The van der Waals surface area contributed by atoms with Gasteiger partial charge in [0.15, 0.2) is 0 Å². The maximum atomic E-state index is 10.6. The van der Waals surface area contributed by atoms with Crippen LogP contribution in [0.25, 0.3) is 0 Å². The van der Waals surface area contributed by atoms with E-state index < -0.39 is 16.6 Å². The molecule has 0 aliphatic heterocycles. The van der Waals surface area contributed by atoms with Gasteiger partial charge in [-0.05, 0) is 11.6 Å². The highest BCUT2D eigenvalue weighted by molar-refractivity contribution is 6.38. The van der Waals surface area contributed by atoms with E-state index in [0.717, 1.165) is 0 Å². The molecule has 0 atom stereocenters. The van der Waals surface area contributed by atoms with Crippen LogP contribution in [0.2, 0.25) is 10.0 Å². The largest absolute Gasteiger partial charge is 0.481 e. The zero-order valence-electron chi connectivity index (χ0n) is 7.24. The summed E-state index contributed by atoms with van der Waals surface area (Å²) in [5.74, 6) is -1.12. The highest BCUT2D eigenvalue weighted by Crippen LogP contribution is 2.35. The van der Waals surface area contributed by atoms with Crippen LogP contribution in [0.3, 0.4) is 0 Å². The first-order chi connectivity index (χ1) is 6.93. The average Bonchev–Trinajstić information content (AvgIpc) is 2.09. The summed E-state index contributed by atoms with van der Waals surface area (Å²) in [5.41, 5.74) is -0.294. The Hall–Kier alpha value is -1.33. The van der Waals surface area contributed by atoms with Crippen LogP contribution in [0.1, 0.15) is 5.56 Å². The van der Waals surface area contributed by atoms with Gasteiger partial charge in [-0.15, -0.1) is 0 Å². The lowest BCUT2D eigenvalue weighted by Crippen LogP contribution is -2.02. The van der Waals surface area contributed by atoms with Gasteiger partial charge in [-0.1, -0.05) is 29.3 Å². The molecular weight excluding hydrogens is 245 g/mol. The molecule has 15 heavy (non-hydrogen) atoms. The smallest absolute Gasteiger partial charge is 0.307 e. The fourth-order valence-corrected chi connectivity index (χ4v) is 1.63. The SMILES string of the molecule is O=C(O)Cc1ccc(Cl)c([N+](=O)[O-])c1Cl. The molecule has 0 aromatic heterocycles. The summed E-state index contributed by atoms with van der Waals surface area (Å²) < 4.78 is 0. The molecule has 0 unspecified atom stereocenters. The molecule has 1 rings (SSSR count). The number of hydrogen-bond donors (Lipinski definition) is 1. The Balaban J connectivity index is 3.28. The molecule has 1 N–H and O–H groups in total. The molecule has 0 fully saturated rings. The summed E-state index contributed by atoms with van der Waals surface area (Å²) in [5, 5.41) is 18.8. The van der Waals surface area contributed by atoms with E-state index in [1.54, 1.807) is 0 Å². The summed E-state index contributed by atoms with van der Waals surface area (Å²) in [6.45, 7) is 0. The van der Waals surface area contributed by atoms with Crippen molar-refractivity contribution in [2.24, 2.45) is 0 Å². The monoisotopic (exact) mass is 249 g/mol. The van der Waals surface area contributed by atoms with Gasteiger partial charge in [-0.25, -0.2) is 0 Å². The van der Waals surface area contributed by atoms with Gasteiger partial charge >= 0.3 is 11.7 Å². The number of carbonyl (C=O) groups is 1. The highest BCUT2D eigenvalue weighted by Gasteiger charge is 2.21. The first kappa shape index (κ1) is 11.7. The van der Waals surface area contributed by atoms with Crippen LogP contribution in [-0.4, -0.2) is 16.0 Å². The van der Waals surface area contributed by atoms with Crippen molar-refractivity contribution in [1.29, 1.82) is 0 Å². The van der Waals surface area contributed by atoms with Gasteiger partial charge in [-0.3, -0.25) is 14.9 Å². The summed E-state index contributed by atoms with van der Waals surface area (Å²) in [6.07, 6.45) is -0.378. The molecule has 0 spiro atoms. The standard InChI is InChI=1S/C8H5Cl2NO4/c9-5-2-1-4(3-6(12)13)7(10)8(5)11(14)15/h1-2H,3H2,(H,12,13). The summed E-state index contributed by atoms with van der Waals surface area (Å²) in [6, 6.07) is 2.61. The van der Waals surface area contributed by atoms with Crippen LogP contribution in [0.15, 0.2) is 12.1 Å². The first-order valence-electron chi connectivity index (χ1n) is 3.76. The molecule has 0 heterocycles. The fraction of sp³-hybridized carbons (Fsp3) is 0.125. The lowest BCUT2D eigenvalue weighted by molar-refractivity contribution is -0.384. The first-order valence-corrected chi connectivity index (χ1v) is 4.52. The van der Waals surface area contributed by atoms with Crippen molar-refractivity contribution in [3.63, 3.8) is 0 Å². The van der Waals surface area contributed by atoms with Gasteiger partial charge in [0.25, 0.3) is 0 Å². The van der Waals surface area contributed by atoms with Gasteiger partial charge in [0.2, 0.25) is 0 Å².